The summed E-state index contributed by atoms with van der Waals surface area (Å²) >= 11 is 0. The molecule has 6 nitrogen and oxygen atoms in total. The predicted octanol–water partition coefficient (Wildman–Crippen LogP) is 2.66. The molecule has 0 amide bonds. The van der Waals surface area contributed by atoms with Crippen LogP contribution in [-0.4, -0.2) is 26.8 Å². The Hall–Kier alpha value is -3.02. The second kappa shape index (κ2) is 13.6. The van der Waals surface area contributed by atoms with E-state index in [4.69, 9.17) is 10.8 Å². The first-order valence-electron chi connectivity index (χ1n) is 7.59. The Balaban J connectivity index is 0.000000772. The zero-order chi connectivity index (χ0) is 18.2. The normalized spacial score (nSPS) is 8.58. The van der Waals surface area contributed by atoms with Crippen molar-refractivity contribution in [2.24, 2.45) is 11.5 Å². The summed E-state index contributed by atoms with van der Waals surface area (Å²) in [7, 11) is 3.89. The van der Waals surface area contributed by atoms with Gasteiger partial charge in [-0.05, 0) is 48.2 Å². The van der Waals surface area contributed by atoms with Gasteiger partial charge in [-0.2, -0.15) is 0 Å². The van der Waals surface area contributed by atoms with Crippen molar-refractivity contribution >= 4 is 24.1 Å². The smallest absolute Gasteiger partial charge is 0.0765 e. The van der Waals surface area contributed by atoms with Gasteiger partial charge in [-0.15, -0.1) is 0 Å². The lowest BCUT2D eigenvalue weighted by Crippen LogP contribution is -1.93. The van der Waals surface area contributed by atoms with E-state index in [1.165, 1.54) is 11.1 Å². The van der Waals surface area contributed by atoms with Crippen LogP contribution in [0, 0.1) is 10.8 Å². The quantitative estimate of drug-likeness (QED) is 0.373. The molecule has 0 fully saturated rings. The molecule has 0 bridgehead atoms. The Morgan fingerprint density at radius 2 is 0.958 bits per heavy atom. The first kappa shape index (κ1) is 21.0. The average molecular weight is 328 g/mol. The van der Waals surface area contributed by atoms with E-state index in [1.54, 1.807) is 0 Å². The molecule has 6 heteroatoms. The highest BCUT2D eigenvalue weighted by Gasteiger charge is 1.97. The van der Waals surface area contributed by atoms with E-state index in [1.807, 2.05) is 14.1 Å². The zero-order valence-electron chi connectivity index (χ0n) is 14.3. The molecule has 8 N–H and O–H groups in total. The summed E-state index contributed by atoms with van der Waals surface area (Å²) in [5.74, 6) is 0. The molecule has 2 aromatic carbocycles. The lowest BCUT2D eigenvalue weighted by molar-refractivity contribution is 0.960. The molecular formula is C18H28N6. The van der Waals surface area contributed by atoms with Crippen molar-refractivity contribution in [2.75, 3.05) is 24.7 Å². The predicted molar refractivity (Wildman–Crippen MR) is 105 cm³/mol. The highest BCUT2D eigenvalue weighted by molar-refractivity contribution is 5.46. The molecular weight excluding hydrogens is 300 g/mol. The van der Waals surface area contributed by atoms with E-state index in [0.29, 0.717) is 0 Å². The van der Waals surface area contributed by atoms with Gasteiger partial charge in [0, 0.05) is 25.5 Å². The Kier molecular flexibility index (Phi) is 11.9. The highest BCUT2D eigenvalue weighted by Crippen LogP contribution is 2.13. The van der Waals surface area contributed by atoms with E-state index >= 15 is 0 Å². The van der Waals surface area contributed by atoms with Gasteiger partial charge in [0.25, 0.3) is 0 Å². The Morgan fingerprint density at radius 3 is 1.17 bits per heavy atom. The van der Waals surface area contributed by atoms with Crippen molar-refractivity contribution < 1.29 is 0 Å². The number of anilines is 2. The van der Waals surface area contributed by atoms with Crippen LogP contribution in [0.4, 0.5) is 11.4 Å². The second-order valence-electron chi connectivity index (χ2n) is 4.73. The zero-order valence-corrected chi connectivity index (χ0v) is 14.3. The molecule has 2 rings (SSSR count). The van der Waals surface area contributed by atoms with Crippen LogP contribution in [0.25, 0.3) is 0 Å². The molecule has 2 aromatic rings. The van der Waals surface area contributed by atoms with Gasteiger partial charge in [-0.1, -0.05) is 24.3 Å². The highest BCUT2D eigenvalue weighted by atomic mass is 14.8. The fourth-order valence-electron chi connectivity index (χ4n) is 1.96. The summed E-state index contributed by atoms with van der Waals surface area (Å²) < 4.78 is 0. The maximum absolute atomic E-state index is 5.86. The fraction of sp³-hybridized carbons (Fsp3) is 0.222. The molecule has 0 saturated carbocycles. The number of rotatable bonds is 5. The minimum absolute atomic E-state index is 0.750. The maximum atomic E-state index is 5.86. The third-order valence-electron chi connectivity index (χ3n) is 3.19. The summed E-state index contributed by atoms with van der Waals surface area (Å²) in [6.45, 7) is 0. The lowest BCUT2D eigenvalue weighted by Gasteiger charge is -2.05. The van der Waals surface area contributed by atoms with Crippen LogP contribution in [0.2, 0.25) is 0 Å². The van der Waals surface area contributed by atoms with Gasteiger partial charge in [0.2, 0.25) is 0 Å². The van der Waals surface area contributed by atoms with Gasteiger partial charge >= 0.3 is 0 Å². The number of benzene rings is 2. The molecule has 0 spiro atoms. The number of nitrogens with one attached hydrogen (secondary N) is 4. The molecule has 0 atom stereocenters. The van der Waals surface area contributed by atoms with Crippen molar-refractivity contribution in [3.63, 3.8) is 0 Å². The Labute approximate surface area is 144 Å². The van der Waals surface area contributed by atoms with Crippen molar-refractivity contribution in [2.45, 2.75) is 12.8 Å². The van der Waals surface area contributed by atoms with Crippen LogP contribution < -0.4 is 22.1 Å². The lowest BCUT2D eigenvalue weighted by atomic mass is 10.0. The van der Waals surface area contributed by atoms with Crippen molar-refractivity contribution in [3.05, 3.63) is 59.7 Å². The molecule has 0 aromatic heterocycles. The van der Waals surface area contributed by atoms with Crippen molar-refractivity contribution in [1.29, 1.82) is 10.8 Å². The molecule has 0 saturated heterocycles. The van der Waals surface area contributed by atoms with E-state index in [9.17, 15) is 0 Å². The van der Waals surface area contributed by atoms with Gasteiger partial charge < -0.3 is 22.1 Å². The van der Waals surface area contributed by atoms with Crippen molar-refractivity contribution in [3.8, 4) is 0 Å². The Bertz CT molecular complexity index is 510. The van der Waals surface area contributed by atoms with Crippen LogP contribution in [-0.2, 0) is 12.8 Å². The minimum atomic E-state index is 0.750. The van der Waals surface area contributed by atoms with Crippen LogP contribution in [0.3, 0.4) is 0 Å². The summed E-state index contributed by atoms with van der Waals surface area (Å²) in [5.41, 5.74) is 13.9. The monoisotopic (exact) mass is 328 g/mol. The van der Waals surface area contributed by atoms with E-state index in [2.05, 4.69) is 70.6 Å². The first-order valence-corrected chi connectivity index (χ1v) is 7.59. The summed E-state index contributed by atoms with van der Waals surface area (Å²) in [6, 6.07) is 17.3. The maximum Gasteiger partial charge on any atom is 0.0765 e. The number of aryl methyl sites for hydroxylation is 2. The number of hydrogen-bond acceptors (Lipinski definition) is 4. The van der Waals surface area contributed by atoms with Crippen molar-refractivity contribution in [1.82, 2.24) is 0 Å². The molecule has 24 heavy (non-hydrogen) atoms. The second-order valence-corrected chi connectivity index (χ2v) is 4.73. The van der Waals surface area contributed by atoms with Gasteiger partial charge in [0.05, 0.1) is 12.7 Å². The van der Waals surface area contributed by atoms with Crippen LogP contribution in [0.1, 0.15) is 11.1 Å². The summed E-state index contributed by atoms with van der Waals surface area (Å²) in [6.07, 6.45) is 3.67. The molecule has 0 unspecified atom stereocenters. The number of nitrogens with two attached hydrogens (primary N) is 2. The van der Waals surface area contributed by atoms with Gasteiger partial charge in [0.1, 0.15) is 0 Å². The van der Waals surface area contributed by atoms with Gasteiger partial charge in [-0.3, -0.25) is 10.8 Å². The fourth-order valence-corrected chi connectivity index (χ4v) is 1.96. The molecule has 0 aliphatic carbocycles. The van der Waals surface area contributed by atoms with E-state index in [-0.39, 0.29) is 0 Å². The van der Waals surface area contributed by atoms with E-state index < -0.39 is 0 Å². The first-order chi connectivity index (χ1) is 11.6. The molecule has 0 aliphatic rings. The average Bonchev–Trinajstić information content (AvgIpc) is 2.62. The topological polar surface area (TPSA) is 124 Å². The van der Waals surface area contributed by atoms with Gasteiger partial charge in [-0.25, -0.2) is 0 Å². The molecule has 130 valence electrons. The Morgan fingerprint density at radius 1 is 0.708 bits per heavy atom. The third-order valence-corrected chi connectivity index (χ3v) is 3.19. The van der Waals surface area contributed by atoms with E-state index in [0.717, 1.165) is 36.9 Å². The van der Waals surface area contributed by atoms with Gasteiger partial charge in [0.15, 0.2) is 0 Å². The SMILES string of the molecule is CNc1ccc(CCc2ccc(NC)cc2)cc1.N=CN.N=CN. The summed E-state index contributed by atoms with van der Waals surface area (Å²) in [4.78, 5) is 0. The summed E-state index contributed by atoms with van der Waals surface area (Å²) in [5, 5.41) is 18.0. The van der Waals surface area contributed by atoms with Crippen LogP contribution >= 0.6 is 0 Å². The van der Waals surface area contributed by atoms with Crippen LogP contribution in [0.5, 0.6) is 0 Å². The molecule has 0 radical (unpaired) electrons. The molecule has 0 heterocycles. The number of hydrogen-bond donors (Lipinski definition) is 6. The third kappa shape index (κ3) is 9.09. The minimum Gasteiger partial charge on any atom is -0.390 e. The largest absolute Gasteiger partial charge is 0.390 e. The molecule has 0 aliphatic heterocycles. The van der Waals surface area contributed by atoms with Crippen LogP contribution in [0.15, 0.2) is 48.5 Å². The standard InChI is InChI=1S/C16H20N2.2CH4N2/c1-17-15-9-5-13(6-10-15)3-4-14-7-11-16(18-2)12-8-14;2*2-1-3/h5-12,17-18H,3-4H2,1-2H3;2*1H,(H3,2,3).